The van der Waals surface area contributed by atoms with Gasteiger partial charge in [-0.25, -0.2) is 0 Å². The van der Waals surface area contributed by atoms with Gasteiger partial charge in [-0.05, 0) is 57.0 Å². The van der Waals surface area contributed by atoms with Crippen molar-refractivity contribution >= 4 is 0 Å². The monoisotopic (exact) mass is 256 g/mol. The lowest BCUT2D eigenvalue weighted by molar-refractivity contribution is 0.672. The van der Waals surface area contributed by atoms with Crippen molar-refractivity contribution in [3.63, 3.8) is 0 Å². The van der Waals surface area contributed by atoms with Crippen molar-refractivity contribution in [3.8, 4) is 5.69 Å². The smallest absolute Gasteiger partial charge is 0.0484 e. The normalized spacial score (nSPS) is 10.9. The molecule has 2 rings (SSSR count). The highest BCUT2D eigenvalue weighted by Crippen LogP contribution is 2.22. The molecule has 19 heavy (non-hydrogen) atoms. The Balaban J connectivity index is 2.34. The van der Waals surface area contributed by atoms with E-state index in [0.717, 1.165) is 13.1 Å². The van der Waals surface area contributed by atoms with E-state index in [1.54, 1.807) is 0 Å². The fraction of sp³-hybridized carbons (Fsp3) is 0.412. The van der Waals surface area contributed by atoms with Gasteiger partial charge < -0.3 is 9.88 Å². The van der Waals surface area contributed by atoms with Gasteiger partial charge in [-0.2, -0.15) is 0 Å². The minimum atomic E-state index is 0.958. The predicted octanol–water partition coefficient (Wildman–Crippen LogP) is 3.90. The number of aryl methyl sites for hydroxylation is 2. The average molecular weight is 256 g/mol. The van der Waals surface area contributed by atoms with E-state index >= 15 is 0 Å². The summed E-state index contributed by atoms with van der Waals surface area (Å²) in [7, 11) is 0. The van der Waals surface area contributed by atoms with E-state index in [9.17, 15) is 0 Å². The van der Waals surface area contributed by atoms with Crippen LogP contribution in [0.2, 0.25) is 0 Å². The minimum Gasteiger partial charge on any atom is -0.318 e. The van der Waals surface area contributed by atoms with Crippen LogP contribution in [0.5, 0.6) is 0 Å². The second-order valence-electron chi connectivity index (χ2n) is 5.20. The Kier molecular flexibility index (Phi) is 4.43. The molecule has 1 aromatic carbocycles. The Morgan fingerprint density at radius 1 is 1.11 bits per heavy atom. The molecule has 2 heteroatoms. The quantitative estimate of drug-likeness (QED) is 0.803. The van der Waals surface area contributed by atoms with Crippen LogP contribution in [0.3, 0.4) is 0 Å². The van der Waals surface area contributed by atoms with E-state index in [1.807, 2.05) is 0 Å². The van der Waals surface area contributed by atoms with Gasteiger partial charge in [-0.3, -0.25) is 0 Å². The standard InChI is InChI=1S/C17H24N2/c1-5-10-18-12-16-11-14(3)19(15(16)4)17-9-7-6-8-13(17)2/h6-9,11,18H,5,10,12H2,1-4H3. The van der Waals surface area contributed by atoms with Crippen molar-refractivity contribution in [2.45, 2.75) is 40.7 Å². The van der Waals surface area contributed by atoms with Crippen LogP contribution in [-0.2, 0) is 6.54 Å². The Morgan fingerprint density at radius 3 is 2.53 bits per heavy atom. The zero-order valence-corrected chi connectivity index (χ0v) is 12.5. The molecular formula is C17H24N2. The number of rotatable bonds is 5. The molecule has 0 atom stereocenters. The van der Waals surface area contributed by atoms with Crippen LogP contribution in [0.4, 0.5) is 0 Å². The summed E-state index contributed by atoms with van der Waals surface area (Å²) < 4.78 is 2.36. The number of hydrogen-bond acceptors (Lipinski definition) is 1. The van der Waals surface area contributed by atoms with E-state index < -0.39 is 0 Å². The molecule has 2 aromatic rings. The molecule has 0 spiro atoms. The number of hydrogen-bond donors (Lipinski definition) is 1. The van der Waals surface area contributed by atoms with Crippen LogP contribution >= 0.6 is 0 Å². The summed E-state index contributed by atoms with van der Waals surface area (Å²) in [6.45, 7) is 10.8. The fourth-order valence-corrected chi connectivity index (χ4v) is 2.59. The van der Waals surface area contributed by atoms with Gasteiger partial charge in [0, 0.05) is 23.6 Å². The van der Waals surface area contributed by atoms with Gasteiger partial charge in [0.25, 0.3) is 0 Å². The van der Waals surface area contributed by atoms with Gasteiger partial charge in [-0.15, -0.1) is 0 Å². The number of benzene rings is 1. The molecule has 0 fully saturated rings. The van der Waals surface area contributed by atoms with Crippen LogP contribution in [0.25, 0.3) is 5.69 Å². The summed E-state index contributed by atoms with van der Waals surface area (Å²) in [5, 5.41) is 3.49. The van der Waals surface area contributed by atoms with Crippen molar-refractivity contribution in [2.24, 2.45) is 0 Å². The Hall–Kier alpha value is -1.54. The van der Waals surface area contributed by atoms with E-state index in [4.69, 9.17) is 0 Å². The van der Waals surface area contributed by atoms with Gasteiger partial charge in [0.1, 0.15) is 0 Å². The number of aromatic nitrogens is 1. The average Bonchev–Trinajstić information content (AvgIpc) is 2.66. The molecular weight excluding hydrogens is 232 g/mol. The van der Waals surface area contributed by atoms with Crippen LogP contribution in [0.15, 0.2) is 30.3 Å². The summed E-state index contributed by atoms with van der Waals surface area (Å²) >= 11 is 0. The summed E-state index contributed by atoms with van der Waals surface area (Å²) in [6.07, 6.45) is 1.18. The van der Waals surface area contributed by atoms with Gasteiger partial charge in [0.05, 0.1) is 0 Å². The maximum atomic E-state index is 3.49. The Labute approximate surface area is 116 Å². The summed E-state index contributed by atoms with van der Waals surface area (Å²) in [6, 6.07) is 10.9. The first-order valence-corrected chi connectivity index (χ1v) is 7.09. The molecule has 0 aliphatic rings. The molecule has 0 radical (unpaired) electrons. The highest BCUT2D eigenvalue weighted by atomic mass is 15.0. The largest absolute Gasteiger partial charge is 0.318 e. The van der Waals surface area contributed by atoms with E-state index in [0.29, 0.717) is 0 Å². The lowest BCUT2D eigenvalue weighted by Gasteiger charge is -2.13. The van der Waals surface area contributed by atoms with Crippen molar-refractivity contribution in [3.05, 3.63) is 52.8 Å². The molecule has 0 saturated heterocycles. The zero-order valence-electron chi connectivity index (χ0n) is 12.5. The van der Waals surface area contributed by atoms with Crippen molar-refractivity contribution < 1.29 is 0 Å². The van der Waals surface area contributed by atoms with E-state index in [-0.39, 0.29) is 0 Å². The molecule has 0 bridgehead atoms. The lowest BCUT2D eigenvalue weighted by atomic mass is 10.2. The third-order valence-electron chi connectivity index (χ3n) is 3.63. The molecule has 2 nitrogen and oxygen atoms in total. The van der Waals surface area contributed by atoms with Crippen molar-refractivity contribution in [1.82, 2.24) is 9.88 Å². The highest BCUT2D eigenvalue weighted by molar-refractivity contribution is 5.46. The molecule has 0 unspecified atom stereocenters. The van der Waals surface area contributed by atoms with Crippen LogP contribution < -0.4 is 5.32 Å². The summed E-state index contributed by atoms with van der Waals surface area (Å²) in [5.74, 6) is 0. The summed E-state index contributed by atoms with van der Waals surface area (Å²) in [4.78, 5) is 0. The van der Waals surface area contributed by atoms with Crippen LogP contribution in [0.1, 0.15) is 35.9 Å². The third kappa shape index (κ3) is 2.90. The molecule has 0 aliphatic heterocycles. The van der Waals surface area contributed by atoms with Gasteiger partial charge in [0.2, 0.25) is 0 Å². The Morgan fingerprint density at radius 2 is 1.84 bits per heavy atom. The van der Waals surface area contributed by atoms with Gasteiger partial charge in [-0.1, -0.05) is 25.1 Å². The lowest BCUT2D eigenvalue weighted by Crippen LogP contribution is -2.14. The third-order valence-corrected chi connectivity index (χ3v) is 3.63. The van der Waals surface area contributed by atoms with E-state index in [1.165, 1.54) is 34.6 Å². The van der Waals surface area contributed by atoms with Gasteiger partial charge >= 0.3 is 0 Å². The number of para-hydroxylation sites is 1. The maximum Gasteiger partial charge on any atom is 0.0484 e. The molecule has 0 aliphatic carbocycles. The van der Waals surface area contributed by atoms with Crippen molar-refractivity contribution in [1.29, 1.82) is 0 Å². The minimum absolute atomic E-state index is 0.958. The predicted molar refractivity (Wildman–Crippen MR) is 82.0 cm³/mol. The molecule has 1 aromatic heterocycles. The second kappa shape index (κ2) is 6.07. The first kappa shape index (κ1) is 13.9. The first-order chi connectivity index (χ1) is 9.15. The Bertz CT molecular complexity index is 552. The second-order valence-corrected chi connectivity index (χ2v) is 5.20. The topological polar surface area (TPSA) is 17.0 Å². The number of nitrogens with zero attached hydrogens (tertiary/aromatic N) is 1. The number of nitrogens with one attached hydrogen (secondary N) is 1. The zero-order chi connectivity index (χ0) is 13.8. The maximum absolute atomic E-state index is 3.49. The van der Waals surface area contributed by atoms with Crippen molar-refractivity contribution in [2.75, 3.05) is 6.54 Å². The fourth-order valence-electron chi connectivity index (χ4n) is 2.59. The molecule has 102 valence electrons. The molecule has 1 heterocycles. The van der Waals surface area contributed by atoms with E-state index in [2.05, 4.69) is 67.9 Å². The SMILES string of the molecule is CCCNCc1cc(C)n(-c2ccccc2C)c1C. The van der Waals surface area contributed by atoms with Crippen LogP contribution in [-0.4, -0.2) is 11.1 Å². The highest BCUT2D eigenvalue weighted by Gasteiger charge is 2.11. The summed E-state index contributed by atoms with van der Waals surface area (Å²) in [5.41, 5.74) is 6.65. The van der Waals surface area contributed by atoms with Gasteiger partial charge in [0.15, 0.2) is 0 Å². The molecule has 0 amide bonds. The first-order valence-electron chi connectivity index (χ1n) is 7.09. The molecule has 0 saturated carbocycles. The molecule has 1 N–H and O–H groups in total. The van der Waals surface area contributed by atoms with Crippen LogP contribution in [0, 0.1) is 20.8 Å².